The summed E-state index contributed by atoms with van der Waals surface area (Å²) in [6, 6.07) is 58.5. The van der Waals surface area contributed by atoms with Crippen LogP contribution in [0.1, 0.15) is 31.9 Å². The first kappa shape index (κ1) is 55.1. The van der Waals surface area contributed by atoms with Crippen molar-refractivity contribution in [2.75, 3.05) is 0 Å². The van der Waals surface area contributed by atoms with Gasteiger partial charge in [-0.2, -0.15) is 13.5 Å². The molecule has 5 aliphatic rings. The molecule has 21 heterocycles. The number of benzene rings is 5. The van der Waals surface area contributed by atoms with Crippen molar-refractivity contribution in [2.45, 2.75) is 32.7 Å². The lowest BCUT2D eigenvalue weighted by Gasteiger charge is -2.02. The predicted molar refractivity (Wildman–Crippen MR) is 399 cm³/mol. The van der Waals surface area contributed by atoms with Gasteiger partial charge in [-0.3, -0.25) is 29.5 Å². The molecule has 0 N–H and O–H groups in total. The minimum Gasteiger partial charge on any atom is -0.437 e. The molecular formula is C82H56N15O3S3+5. The molecule has 16 aromatic heterocycles. The third kappa shape index (κ3) is 8.60. The molecular weight excluding hydrogens is 1340 g/mol. The molecule has 26 rings (SSSR count). The zero-order chi connectivity index (χ0) is 70.2. The number of aryl methyl sites for hydroxylation is 2. The summed E-state index contributed by atoms with van der Waals surface area (Å²) in [6.45, 7) is 2.04. The second-order valence-corrected chi connectivity index (χ2v) is 29.4. The highest BCUT2D eigenvalue weighted by Gasteiger charge is 2.41. The number of rotatable bonds is 1. The Morgan fingerprint density at radius 1 is 0.427 bits per heavy atom. The number of furan rings is 1. The average Bonchev–Trinajstić information content (AvgIpc) is 1.56. The zero-order valence-electron chi connectivity index (χ0n) is 57.8. The number of nitrogens with zero attached hydrogens (tertiary/aromatic N) is 15. The first-order valence-electron chi connectivity index (χ1n) is 35.3. The van der Waals surface area contributed by atoms with Crippen molar-refractivity contribution in [3.8, 4) is 61.1 Å². The van der Waals surface area contributed by atoms with Gasteiger partial charge in [-0.15, -0.1) is 20.5 Å². The number of oxazole rings is 2. The SMILES string of the molecule is Cn1c2cnccc2c2c1oc1[n+]2Cc2ccccc2-1.[2H]C([2H])([2H])n1c2cnccc2c2c1oc1[n+]2Cc2ccccc2-1.c1ccc(-n2c3cccnc3n3c4[n+](cc23)Cc2ccncc2-4)cc1.c1ccc2c(c1)C[n+]1c-2sc2oc3cnccc3c21.c1ccc2c(c1)C[n+]1c-2sc2sc3cnccc3c21. The molecule has 21 aromatic rings. The van der Waals surface area contributed by atoms with Crippen LogP contribution in [0.15, 0.2) is 257 Å². The third-order valence-corrected chi connectivity index (χ3v) is 24.1. The van der Waals surface area contributed by atoms with Gasteiger partial charge in [0.1, 0.15) is 12.1 Å². The van der Waals surface area contributed by atoms with E-state index in [1.54, 1.807) is 29.9 Å². The number of fused-ring (bicyclic) bond motifs is 35. The zero-order valence-corrected chi connectivity index (χ0v) is 57.2. The number of hydrogen-bond acceptors (Lipinski definition) is 12. The molecule has 0 saturated carbocycles. The van der Waals surface area contributed by atoms with Gasteiger partial charge < -0.3 is 22.4 Å². The van der Waals surface area contributed by atoms with Crippen LogP contribution in [0.25, 0.3) is 163 Å². The number of thiophene rings is 1. The Kier molecular flexibility index (Phi) is 12.0. The van der Waals surface area contributed by atoms with Crippen molar-refractivity contribution < 1.29 is 40.2 Å². The molecule has 0 bridgehead atoms. The second kappa shape index (κ2) is 22.4. The van der Waals surface area contributed by atoms with Gasteiger partial charge in [0.25, 0.3) is 60.0 Å². The Morgan fingerprint density at radius 3 is 1.66 bits per heavy atom. The second-order valence-electron chi connectivity index (χ2n) is 26.1. The van der Waals surface area contributed by atoms with Gasteiger partial charge in [0.15, 0.2) is 42.0 Å². The molecule has 0 spiro atoms. The van der Waals surface area contributed by atoms with E-state index in [1.165, 1.54) is 95.2 Å². The molecule has 5 aliphatic heterocycles. The standard InChI is InChI=1S/C20H14N5.2C16H12N3O.C15H9N2OS.C15H9N2S2/c1-2-5-15(6-3-1)24-17-7-4-9-22-19(17)25-18(24)13-23-12-14-8-10-21-11-16(14)20(23)25;2*1-18-13-8-17-7-6-12(13)14-16(18)20-15-11-5-3-2-4-10(11)9-19(14)15;2*1-2-4-10-9(3-1)8-17-13-11-5-6-16-7-12(11)18-15(13)19-14(10)17/h1-11,13H,12H2;2*2-8H,9H2,1H3;2*1-7H,8H2/q5*+1/i;1D3;;;. The van der Waals surface area contributed by atoms with E-state index >= 15 is 0 Å². The van der Waals surface area contributed by atoms with Crippen LogP contribution in [0.4, 0.5) is 0 Å². The van der Waals surface area contributed by atoms with Crippen LogP contribution in [0, 0.1) is 0 Å². The fourth-order valence-electron chi connectivity index (χ4n) is 16.0. The summed E-state index contributed by atoms with van der Waals surface area (Å²) < 4.78 is 63.6. The molecule has 0 atom stereocenters. The number of hydrogen-bond donors (Lipinski definition) is 0. The van der Waals surface area contributed by atoms with Crippen molar-refractivity contribution in [3.05, 3.63) is 272 Å². The quantitative estimate of drug-likeness (QED) is 0.146. The maximum Gasteiger partial charge on any atom is 0.383 e. The molecule has 18 nitrogen and oxygen atoms in total. The Hall–Kier alpha value is -12.7. The monoisotopic (exact) mass is 1400 g/mol. The van der Waals surface area contributed by atoms with Gasteiger partial charge in [-0.05, 0) is 90.2 Å². The minimum atomic E-state index is -2.32. The lowest BCUT2D eigenvalue weighted by molar-refractivity contribution is -0.670. The van der Waals surface area contributed by atoms with Crippen molar-refractivity contribution >= 4 is 136 Å². The highest BCUT2D eigenvalue weighted by atomic mass is 32.2. The summed E-state index contributed by atoms with van der Waals surface area (Å²) >= 11 is 5.49. The summed E-state index contributed by atoms with van der Waals surface area (Å²) in [4.78, 5) is 26.6. The van der Waals surface area contributed by atoms with E-state index in [9.17, 15) is 0 Å². The Balaban J connectivity index is 0.0000000830. The number of imidazole rings is 2. The predicted octanol–water partition coefficient (Wildman–Crippen LogP) is 15.4. The van der Waals surface area contributed by atoms with Crippen LogP contribution < -0.4 is 22.8 Å². The molecule has 103 heavy (non-hydrogen) atoms. The lowest BCUT2D eigenvalue weighted by Crippen LogP contribution is -2.30. The van der Waals surface area contributed by atoms with Crippen LogP contribution in [-0.4, -0.2) is 48.0 Å². The molecule has 0 radical (unpaired) electrons. The smallest absolute Gasteiger partial charge is 0.383 e. The van der Waals surface area contributed by atoms with E-state index in [0.717, 1.165) is 109 Å². The first-order valence-corrected chi connectivity index (χ1v) is 36.3. The van der Waals surface area contributed by atoms with E-state index in [-0.39, 0.29) is 0 Å². The highest BCUT2D eigenvalue weighted by molar-refractivity contribution is 7.42. The summed E-state index contributed by atoms with van der Waals surface area (Å²) in [7, 11) is 2.03. The fraction of sp³-hybridized carbons (Fsp3) is 0.0854. The molecule has 21 heteroatoms. The van der Waals surface area contributed by atoms with Crippen molar-refractivity contribution in [1.82, 2.24) is 48.0 Å². The van der Waals surface area contributed by atoms with E-state index in [0.29, 0.717) is 23.7 Å². The van der Waals surface area contributed by atoms with Gasteiger partial charge in [-0.25, -0.2) is 9.55 Å². The fourth-order valence-corrected chi connectivity index (χ4v) is 19.8. The lowest BCUT2D eigenvalue weighted by atomic mass is 10.1. The molecule has 0 aliphatic carbocycles. The largest absolute Gasteiger partial charge is 0.437 e. The van der Waals surface area contributed by atoms with Gasteiger partial charge in [0.2, 0.25) is 5.52 Å². The normalized spacial score (nSPS) is 13.5. The number of pyridine rings is 6. The Morgan fingerprint density at radius 2 is 0.971 bits per heavy atom. The van der Waals surface area contributed by atoms with Crippen molar-refractivity contribution in [2.24, 2.45) is 14.0 Å². The summed E-state index contributed by atoms with van der Waals surface area (Å²) in [6.07, 6.45) is 22.3. The number of para-hydroxylation sites is 1. The highest BCUT2D eigenvalue weighted by Crippen LogP contribution is 2.44. The third-order valence-electron chi connectivity index (χ3n) is 20.6. The summed E-state index contributed by atoms with van der Waals surface area (Å²) in [5, 5.41) is 7.22. The van der Waals surface area contributed by atoms with Crippen LogP contribution in [0.5, 0.6) is 0 Å². The van der Waals surface area contributed by atoms with E-state index < -0.39 is 6.98 Å². The Labute approximate surface area is 600 Å². The van der Waals surface area contributed by atoms with Gasteiger partial charge in [0.05, 0.1) is 83.7 Å². The first-order chi connectivity index (χ1) is 52.1. The van der Waals surface area contributed by atoms with Crippen LogP contribution >= 0.6 is 34.0 Å². The number of thiazole rings is 2. The maximum atomic E-state index is 7.85. The summed E-state index contributed by atoms with van der Waals surface area (Å²) in [5.74, 6) is 2.82. The van der Waals surface area contributed by atoms with E-state index in [1.807, 2.05) is 126 Å². The number of aromatic nitrogens is 15. The molecule has 0 unspecified atom stereocenters. The van der Waals surface area contributed by atoms with Crippen LogP contribution in [-0.2, 0) is 46.7 Å². The molecule has 0 amide bonds. The Bertz CT molecular complexity index is 7090. The molecule has 0 saturated heterocycles. The summed E-state index contributed by atoms with van der Waals surface area (Å²) in [5.41, 5.74) is 25.5. The maximum absolute atomic E-state index is 7.85. The van der Waals surface area contributed by atoms with E-state index in [2.05, 4.69) is 195 Å². The molecule has 0 fully saturated rings. The average molecular weight is 1400 g/mol. The van der Waals surface area contributed by atoms with Gasteiger partial charge in [-0.1, -0.05) is 102 Å². The topological polar surface area (TPSA) is 155 Å². The van der Waals surface area contributed by atoms with Crippen molar-refractivity contribution in [3.63, 3.8) is 0 Å². The minimum absolute atomic E-state index is 0.373. The molecule has 490 valence electrons. The van der Waals surface area contributed by atoms with Gasteiger partial charge >= 0.3 is 11.8 Å². The van der Waals surface area contributed by atoms with Gasteiger partial charge in [0, 0.05) is 101 Å². The van der Waals surface area contributed by atoms with Crippen LogP contribution in [0.3, 0.4) is 0 Å². The van der Waals surface area contributed by atoms with Crippen LogP contribution in [0.2, 0.25) is 0 Å². The van der Waals surface area contributed by atoms with Crippen molar-refractivity contribution in [1.29, 1.82) is 0 Å². The molecule has 5 aromatic carbocycles. The van der Waals surface area contributed by atoms with E-state index in [4.69, 9.17) is 17.4 Å².